The summed E-state index contributed by atoms with van der Waals surface area (Å²) >= 11 is 0. The second-order valence-corrected chi connectivity index (χ2v) is 4.13. The minimum Gasteiger partial charge on any atom is -0.322 e. The zero-order valence-corrected chi connectivity index (χ0v) is 11.0. The Labute approximate surface area is 120 Å². The lowest BCUT2D eigenvalue weighted by Gasteiger charge is -2.07. The van der Waals surface area contributed by atoms with Crippen LogP contribution in [-0.4, -0.2) is 12.5 Å². The first kappa shape index (κ1) is 14.7. The van der Waals surface area contributed by atoms with Gasteiger partial charge in [0.1, 0.15) is 17.2 Å². The van der Waals surface area contributed by atoms with Crippen LogP contribution in [-0.2, 0) is 0 Å². The maximum Gasteiger partial charge on any atom is 0.261 e. The highest BCUT2D eigenvalue weighted by atomic mass is 19.1. The predicted octanol–water partition coefficient (Wildman–Crippen LogP) is 2.53. The maximum absolute atomic E-state index is 13.5. The Morgan fingerprint density at radius 1 is 1.10 bits per heavy atom. The third-order valence-corrected chi connectivity index (χ3v) is 2.67. The fourth-order valence-electron chi connectivity index (χ4n) is 1.70. The highest BCUT2D eigenvalue weighted by Crippen LogP contribution is 2.15. The van der Waals surface area contributed by atoms with Gasteiger partial charge in [-0.25, -0.2) is 8.78 Å². The molecule has 2 rings (SSSR count). The summed E-state index contributed by atoms with van der Waals surface area (Å²) in [6.07, 6.45) is 0. The van der Waals surface area contributed by atoms with E-state index in [-0.39, 0.29) is 6.54 Å². The molecule has 2 aromatic rings. The highest BCUT2D eigenvalue weighted by molar-refractivity contribution is 6.04. The minimum atomic E-state index is -0.905. The van der Waals surface area contributed by atoms with Crippen LogP contribution in [0.4, 0.5) is 14.5 Å². The zero-order valence-electron chi connectivity index (χ0n) is 11.0. The molecule has 0 unspecified atom stereocenters. The quantitative estimate of drug-likeness (QED) is 0.834. The molecule has 0 aliphatic carbocycles. The van der Waals surface area contributed by atoms with E-state index in [1.54, 1.807) is 24.3 Å². The molecule has 3 nitrogen and oxygen atoms in total. The van der Waals surface area contributed by atoms with Crippen molar-refractivity contribution in [1.29, 1.82) is 0 Å². The third-order valence-electron chi connectivity index (χ3n) is 2.67. The average Bonchev–Trinajstić information content (AvgIpc) is 2.46. The molecule has 21 heavy (non-hydrogen) atoms. The van der Waals surface area contributed by atoms with Gasteiger partial charge in [0.25, 0.3) is 5.91 Å². The smallest absolute Gasteiger partial charge is 0.261 e. The van der Waals surface area contributed by atoms with Crippen molar-refractivity contribution in [3.8, 4) is 11.8 Å². The molecule has 0 aromatic heterocycles. The van der Waals surface area contributed by atoms with Gasteiger partial charge in [-0.05, 0) is 36.4 Å². The van der Waals surface area contributed by atoms with Crippen LogP contribution in [0.15, 0.2) is 42.5 Å². The fraction of sp³-hybridized carbons (Fsp3) is 0.0625. The SMILES string of the molecule is NCC#Cc1ccc(NC(=O)c2c(F)cccc2F)cc1. The first-order valence-corrected chi connectivity index (χ1v) is 6.16. The molecule has 0 saturated carbocycles. The van der Waals surface area contributed by atoms with Crippen molar-refractivity contribution in [2.45, 2.75) is 0 Å². The molecule has 106 valence electrons. The number of rotatable bonds is 2. The van der Waals surface area contributed by atoms with Crippen LogP contribution in [0.2, 0.25) is 0 Å². The second-order valence-electron chi connectivity index (χ2n) is 4.13. The van der Waals surface area contributed by atoms with Crippen LogP contribution >= 0.6 is 0 Å². The van der Waals surface area contributed by atoms with Gasteiger partial charge < -0.3 is 11.1 Å². The number of nitrogens with one attached hydrogen (secondary N) is 1. The number of hydrogen-bond donors (Lipinski definition) is 2. The largest absolute Gasteiger partial charge is 0.322 e. The standard InChI is InChI=1S/C16H12F2N2O/c17-13-4-1-5-14(18)15(13)16(21)20-12-8-6-11(7-9-12)3-2-10-19/h1,4-9H,10,19H2,(H,20,21). The maximum atomic E-state index is 13.5. The number of nitrogens with two attached hydrogens (primary N) is 1. The van der Waals surface area contributed by atoms with E-state index in [1.807, 2.05) is 0 Å². The topological polar surface area (TPSA) is 55.1 Å². The molecule has 5 heteroatoms. The molecule has 0 bridgehead atoms. The first-order chi connectivity index (χ1) is 10.1. The van der Waals surface area contributed by atoms with Gasteiger partial charge in [-0.2, -0.15) is 0 Å². The van der Waals surface area contributed by atoms with Crippen molar-refractivity contribution in [3.05, 3.63) is 65.2 Å². The van der Waals surface area contributed by atoms with Gasteiger partial charge in [0, 0.05) is 11.3 Å². The van der Waals surface area contributed by atoms with Crippen LogP contribution in [0.3, 0.4) is 0 Å². The molecule has 0 aliphatic heterocycles. The third kappa shape index (κ3) is 3.65. The highest BCUT2D eigenvalue weighted by Gasteiger charge is 2.16. The molecule has 2 aromatic carbocycles. The summed E-state index contributed by atoms with van der Waals surface area (Å²) in [6, 6.07) is 9.81. The van der Waals surface area contributed by atoms with Crippen molar-refractivity contribution >= 4 is 11.6 Å². The van der Waals surface area contributed by atoms with Crippen molar-refractivity contribution in [1.82, 2.24) is 0 Å². The molecule has 1 amide bonds. The first-order valence-electron chi connectivity index (χ1n) is 6.16. The molecule has 0 fully saturated rings. The lowest BCUT2D eigenvalue weighted by Crippen LogP contribution is -2.15. The van der Waals surface area contributed by atoms with E-state index in [0.717, 1.165) is 17.7 Å². The van der Waals surface area contributed by atoms with Gasteiger partial charge in [0.05, 0.1) is 6.54 Å². The summed E-state index contributed by atoms with van der Waals surface area (Å²) in [6.45, 7) is 0.255. The van der Waals surface area contributed by atoms with Crippen LogP contribution in [0, 0.1) is 23.5 Å². The van der Waals surface area contributed by atoms with E-state index in [2.05, 4.69) is 17.2 Å². The Morgan fingerprint density at radius 2 is 1.71 bits per heavy atom. The molecule has 0 aliphatic rings. The van der Waals surface area contributed by atoms with Gasteiger partial charge in [-0.1, -0.05) is 17.9 Å². The minimum absolute atomic E-state index is 0.255. The number of carbonyl (C=O) groups excluding carboxylic acids is 1. The van der Waals surface area contributed by atoms with Gasteiger partial charge >= 0.3 is 0 Å². The predicted molar refractivity (Wildman–Crippen MR) is 76.7 cm³/mol. The van der Waals surface area contributed by atoms with Crippen LogP contribution in [0.1, 0.15) is 15.9 Å². The summed E-state index contributed by atoms with van der Waals surface area (Å²) in [5, 5.41) is 2.43. The van der Waals surface area contributed by atoms with E-state index in [4.69, 9.17) is 5.73 Å². The van der Waals surface area contributed by atoms with Gasteiger partial charge in [-0.15, -0.1) is 0 Å². The number of carbonyl (C=O) groups is 1. The van der Waals surface area contributed by atoms with Gasteiger partial charge in [-0.3, -0.25) is 4.79 Å². The number of anilines is 1. The Morgan fingerprint density at radius 3 is 2.29 bits per heavy atom. The average molecular weight is 286 g/mol. The number of amides is 1. The van der Waals surface area contributed by atoms with E-state index in [9.17, 15) is 13.6 Å². The Hall–Kier alpha value is -2.71. The van der Waals surface area contributed by atoms with E-state index >= 15 is 0 Å². The van der Waals surface area contributed by atoms with Crippen molar-refractivity contribution < 1.29 is 13.6 Å². The molecule has 0 spiro atoms. The van der Waals surface area contributed by atoms with Crippen LogP contribution in [0.25, 0.3) is 0 Å². The lowest BCUT2D eigenvalue weighted by atomic mass is 10.1. The van der Waals surface area contributed by atoms with Crippen LogP contribution in [0.5, 0.6) is 0 Å². The van der Waals surface area contributed by atoms with E-state index < -0.39 is 23.1 Å². The Balaban J connectivity index is 2.16. The summed E-state index contributed by atoms with van der Waals surface area (Å²) in [7, 11) is 0. The monoisotopic (exact) mass is 286 g/mol. The number of benzene rings is 2. The van der Waals surface area contributed by atoms with Gasteiger partial charge in [0.2, 0.25) is 0 Å². The Kier molecular flexibility index (Phi) is 4.64. The molecule has 3 N–H and O–H groups in total. The van der Waals surface area contributed by atoms with E-state index in [1.165, 1.54) is 6.07 Å². The molecule has 0 heterocycles. The molecular formula is C16H12F2N2O. The zero-order chi connectivity index (χ0) is 15.2. The summed E-state index contributed by atoms with van der Waals surface area (Å²) < 4.78 is 27.0. The molecule has 0 saturated heterocycles. The van der Waals surface area contributed by atoms with Crippen molar-refractivity contribution in [3.63, 3.8) is 0 Å². The molecule has 0 radical (unpaired) electrons. The lowest BCUT2D eigenvalue weighted by molar-refractivity contribution is 0.101. The summed E-state index contributed by atoms with van der Waals surface area (Å²) in [5.74, 6) is 2.87. The molecule has 0 atom stereocenters. The van der Waals surface area contributed by atoms with E-state index in [0.29, 0.717) is 5.69 Å². The second kappa shape index (κ2) is 6.64. The fourth-order valence-corrected chi connectivity index (χ4v) is 1.70. The summed E-state index contributed by atoms with van der Waals surface area (Å²) in [5.41, 5.74) is 5.81. The van der Waals surface area contributed by atoms with Crippen LogP contribution < -0.4 is 11.1 Å². The van der Waals surface area contributed by atoms with Crippen molar-refractivity contribution in [2.75, 3.05) is 11.9 Å². The number of hydrogen-bond acceptors (Lipinski definition) is 2. The Bertz CT molecular complexity index is 695. The van der Waals surface area contributed by atoms with Gasteiger partial charge in [0.15, 0.2) is 0 Å². The summed E-state index contributed by atoms with van der Waals surface area (Å²) in [4.78, 5) is 11.9. The molecular weight excluding hydrogens is 274 g/mol. The normalized spacial score (nSPS) is 9.67. The van der Waals surface area contributed by atoms with Crippen molar-refractivity contribution in [2.24, 2.45) is 5.73 Å². The number of halogens is 2.